The lowest BCUT2D eigenvalue weighted by Crippen LogP contribution is -2.42. The van der Waals surface area contributed by atoms with Crippen molar-refractivity contribution in [3.05, 3.63) is 18.6 Å². The van der Waals surface area contributed by atoms with Crippen molar-refractivity contribution in [1.29, 1.82) is 0 Å². The van der Waals surface area contributed by atoms with Gasteiger partial charge >= 0.3 is 0 Å². The second kappa shape index (κ2) is 5.45. The highest BCUT2D eigenvalue weighted by atomic mass is 16.3. The van der Waals surface area contributed by atoms with E-state index in [0.29, 0.717) is 17.9 Å². The van der Waals surface area contributed by atoms with Crippen LogP contribution in [-0.4, -0.2) is 27.2 Å². The first-order chi connectivity index (χ1) is 8.89. The fourth-order valence-corrected chi connectivity index (χ4v) is 2.84. The predicted molar refractivity (Wildman–Crippen MR) is 76.9 cm³/mol. The standard InChI is InChI=1S/C15H25N3O/c1-14(2,3)12-4-6-15(19,7-5-12)11-18-13-10-16-8-9-17-13/h8-10,12,19H,4-7,11H2,1-3H3,(H,17,18). The molecule has 0 atom stereocenters. The van der Waals surface area contributed by atoms with Crippen molar-refractivity contribution in [2.75, 3.05) is 11.9 Å². The van der Waals surface area contributed by atoms with Crippen LogP contribution in [-0.2, 0) is 0 Å². The minimum Gasteiger partial charge on any atom is -0.388 e. The molecule has 0 spiro atoms. The van der Waals surface area contributed by atoms with E-state index in [4.69, 9.17) is 0 Å². The number of anilines is 1. The highest BCUT2D eigenvalue weighted by molar-refractivity contribution is 5.30. The van der Waals surface area contributed by atoms with Gasteiger partial charge < -0.3 is 10.4 Å². The van der Waals surface area contributed by atoms with Gasteiger partial charge in [0.2, 0.25) is 0 Å². The Morgan fingerprint density at radius 1 is 1.32 bits per heavy atom. The second-order valence-electron chi connectivity index (χ2n) is 6.81. The van der Waals surface area contributed by atoms with E-state index in [0.717, 1.165) is 31.5 Å². The van der Waals surface area contributed by atoms with Crippen LogP contribution in [0.15, 0.2) is 18.6 Å². The maximum absolute atomic E-state index is 10.6. The van der Waals surface area contributed by atoms with Gasteiger partial charge in [-0.15, -0.1) is 0 Å². The summed E-state index contributed by atoms with van der Waals surface area (Å²) in [6.45, 7) is 7.43. The number of hydrogen-bond acceptors (Lipinski definition) is 4. The van der Waals surface area contributed by atoms with E-state index in [1.54, 1.807) is 18.6 Å². The van der Waals surface area contributed by atoms with Crippen LogP contribution < -0.4 is 5.32 Å². The number of aromatic nitrogens is 2. The Hall–Kier alpha value is -1.16. The monoisotopic (exact) mass is 263 g/mol. The Balaban J connectivity index is 1.85. The molecule has 2 N–H and O–H groups in total. The van der Waals surface area contributed by atoms with Gasteiger partial charge in [-0.2, -0.15) is 0 Å². The van der Waals surface area contributed by atoms with Gasteiger partial charge in [-0.3, -0.25) is 4.98 Å². The molecular weight excluding hydrogens is 238 g/mol. The maximum atomic E-state index is 10.6. The lowest BCUT2D eigenvalue weighted by molar-refractivity contribution is -0.0143. The summed E-state index contributed by atoms with van der Waals surface area (Å²) in [5.41, 5.74) is -0.251. The molecule has 1 heterocycles. The third-order valence-corrected chi connectivity index (χ3v) is 4.30. The molecule has 0 saturated heterocycles. The van der Waals surface area contributed by atoms with Crippen LogP contribution in [0.25, 0.3) is 0 Å². The van der Waals surface area contributed by atoms with Crippen LogP contribution in [0.4, 0.5) is 5.82 Å². The van der Waals surface area contributed by atoms with Crippen molar-refractivity contribution >= 4 is 5.82 Å². The molecule has 2 rings (SSSR count). The van der Waals surface area contributed by atoms with Crippen LogP contribution >= 0.6 is 0 Å². The molecule has 1 aromatic heterocycles. The zero-order valence-corrected chi connectivity index (χ0v) is 12.2. The van der Waals surface area contributed by atoms with Crippen LogP contribution in [0.3, 0.4) is 0 Å². The summed E-state index contributed by atoms with van der Waals surface area (Å²) in [6.07, 6.45) is 8.91. The van der Waals surface area contributed by atoms with E-state index in [1.165, 1.54) is 0 Å². The molecule has 1 fully saturated rings. The molecule has 1 saturated carbocycles. The zero-order valence-electron chi connectivity index (χ0n) is 12.2. The summed E-state index contributed by atoms with van der Waals surface area (Å²) >= 11 is 0. The van der Waals surface area contributed by atoms with Crippen LogP contribution in [0, 0.1) is 11.3 Å². The zero-order chi connectivity index (χ0) is 13.9. The summed E-state index contributed by atoms with van der Waals surface area (Å²) in [5.74, 6) is 1.44. The number of nitrogens with zero attached hydrogens (tertiary/aromatic N) is 2. The van der Waals surface area contributed by atoms with Crippen molar-refractivity contribution in [1.82, 2.24) is 9.97 Å². The lowest BCUT2D eigenvalue weighted by Gasteiger charge is -2.41. The third kappa shape index (κ3) is 3.90. The van der Waals surface area contributed by atoms with E-state index in [2.05, 4.69) is 36.1 Å². The van der Waals surface area contributed by atoms with Gasteiger partial charge in [-0.1, -0.05) is 20.8 Å². The molecule has 19 heavy (non-hydrogen) atoms. The minimum atomic E-state index is -0.598. The molecule has 0 aromatic carbocycles. The van der Waals surface area contributed by atoms with E-state index in [9.17, 15) is 5.11 Å². The SMILES string of the molecule is CC(C)(C)C1CCC(O)(CNc2cnccn2)CC1. The molecule has 4 heteroatoms. The molecule has 0 radical (unpaired) electrons. The first kappa shape index (κ1) is 14.3. The number of hydrogen-bond donors (Lipinski definition) is 2. The van der Waals surface area contributed by atoms with Crippen molar-refractivity contribution < 1.29 is 5.11 Å². The molecule has 0 bridgehead atoms. The molecule has 0 unspecified atom stereocenters. The van der Waals surface area contributed by atoms with Gasteiger partial charge in [0.1, 0.15) is 5.82 Å². The average Bonchev–Trinajstić information content (AvgIpc) is 2.37. The number of nitrogens with one attached hydrogen (secondary N) is 1. The smallest absolute Gasteiger partial charge is 0.144 e. The molecule has 4 nitrogen and oxygen atoms in total. The Labute approximate surface area is 115 Å². The maximum Gasteiger partial charge on any atom is 0.144 e. The Morgan fingerprint density at radius 3 is 2.53 bits per heavy atom. The fourth-order valence-electron chi connectivity index (χ4n) is 2.84. The highest BCUT2D eigenvalue weighted by Gasteiger charge is 2.37. The molecule has 1 aliphatic carbocycles. The summed E-state index contributed by atoms with van der Waals surface area (Å²) in [7, 11) is 0. The van der Waals surface area contributed by atoms with Crippen LogP contribution in [0.1, 0.15) is 46.5 Å². The van der Waals surface area contributed by atoms with Crippen molar-refractivity contribution in [2.45, 2.75) is 52.1 Å². The fraction of sp³-hybridized carbons (Fsp3) is 0.733. The van der Waals surface area contributed by atoms with Gasteiger partial charge in [-0.25, -0.2) is 4.98 Å². The number of rotatable bonds is 3. The summed E-state index contributed by atoms with van der Waals surface area (Å²) in [6, 6.07) is 0. The highest BCUT2D eigenvalue weighted by Crippen LogP contribution is 2.41. The molecule has 0 aliphatic heterocycles. The van der Waals surface area contributed by atoms with E-state index in [-0.39, 0.29) is 0 Å². The molecule has 0 amide bonds. The molecular formula is C15H25N3O. The lowest BCUT2D eigenvalue weighted by atomic mass is 9.68. The topological polar surface area (TPSA) is 58.0 Å². The van der Waals surface area contributed by atoms with Crippen LogP contribution in [0.5, 0.6) is 0 Å². The minimum absolute atomic E-state index is 0.347. The van der Waals surface area contributed by atoms with Crippen LogP contribution in [0.2, 0.25) is 0 Å². The van der Waals surface area contributed by atoms with E-state index in [1.807, 2.05) is 0 Å². The quantitative estimate of drug-likeness (QED) is 0.880. The largest absolute Gasteiger partial charge is 0.388 e. The second-order valence-corrected chi connectivity index (χ2v) is 6.81. The molecule has 106 valence electrons. The van der Waals surface area contributed by atoms with Gasteiger partial charge in [-0.05, 0) is 37.0 Å². The van der Waals surface area contributed by atoms with Crippen molar-refractivity contribution in [3.63, 3.8) is 0 Å². The molecule has 1 aliphatic rings. The van der Waals surface area contributed by atoms with E-state index < -0.39 is 5.60 Å². The third-order valence-electron chi connectivity index (χ3n) is 4.30. The summed E-state index contributed by atoms with van der Waals surface area (Å²) in [5, 5.41) is 13.8. The first-order valence-electron chi connectivity index (χ1n) is 7.11. The first-order valence-corrected chi connectivity index (χ1v) is 7.11. The van der Waals surface area contributed by atoms with Gasteiger partial charge in [0.05, 0.1) is 11.8 Å². The average molecular weight is 263 g/mol. The van der Waals surface area contributed by atoms with Crippen molar-refractivity contribution in [2.24, 2.45) is 11.3 Å². The van der Waals surface area contributed by atoms with E-state index >= 15 is 0 Å². The Morgan fingerprint density at radius 2 is 2.00 bits per heavy atom. The predicted octanol–water partition coefficient (Wildman–Crippen LogP) is 2.86. The molecule has 1 aromatic rings. The normalized spacial score (nSPS) is 28.1. The van der Waals surface area contributed by atoms with Gasteiger partial charge in [0.25, 0.3) is 0 Å². The summed E-state index contributed by atoms with van der Waals surface area (Å²) in [4.78, 5) is 8.17. The van der Waals surface area contributed by atoms with Gasteiger partial charge in [0.15, 0.2) is 0 Å². The van der Waals surface area contributed by atoms with Gasteiger partial charge in [0, 0.05) is 18.9 Å². The van der Waals surface area contributed by atoms with Crippen molar-refractivity contribution in [3.8, 4) is 0 Å². The summed E-state index contributed by atoms with van der Waals surface area (Å²) < 4.78 is 0. The Bertz CT molecular complexity index is 392. The number of aliphatic hydroxyl groups is 1. The Kier molecular flexibility index (Phi) is 4.09.